The van der Waals surface area contributed by atoms with Gasteiger partial charge in [0.15, 0.2) is 0 Å². The minimum atomic E-state index is -3.95. The summed E-state index contributed by atoms with van der Waals surface area (Å²) in [5, 5.41) is 14.8. The molecule has 7 heteroatoms. The normalized spacial score (nSPS) is 22.9. The molecule has 0 radical (unpaired) electrons. The van der Waals surface area contributed by atoms with Crippen molar-refractivity contribution in [3.63, 3.8) is 0 Å². The zero-order valence-corrected chi connectivity index (χ0v) is 15.5. The van der Waals surface area contributed by atoms with Crippen molar-refractivity contribution in [2.24, 2.45) is 17.8 Å². The Morgan fingerprint density at radius 2 is 2.15 bits per heavy atom. The number of fused-ring (bicyclic) bond motifs is 1. The first-order valence-electron chi connectivity index (χ1n) is 8.91. The van der Waals surface area contributed by atoms with Gasteiger partial charge in [-0.15, -0.1) is 0 Å². The van der Waals surface area contributed by atoms with Crippen LogP contribution in [-0.4, -0.2) is 20.9 Å². The number of aromatic nitrogens is 2. The lowest BCUT2D eigenvalue weighted by Crippen LogP contribution is -2.25. The van der Waals surface area contributed by atoms with E-state index in [2.05, 4.69) is 11.2 Å². The van der Waals surface area contributed by atoms with Gasteiger partial charge in [-0.25, -0.2) is 4.79 Å². The maximum Gasteiger partial charge on any atom is 0.379 e. The van der Waals surface area contributed by atoms with Gasteiger partial charge in [-0.05, 0) is 43.7 Å². The predicted molar refractivity (Wildman–Crippen MR) is 98.8 cm³/mol. The molecule has 1 heterocycles. The molecule has 0 aliphatic heterocycles. The monoisotopic (exact) mass is 392 g/mol. The van der Waals surface area contributed by atoms with Crippen LogP contribution in [0.25, 0.3) is 10.9 Å². The molecule has 1 aromatic carbocycles. The molecule has 4 rings (SSSR count). The topological polar surface area (TPSA) is 55.1 Å². The molecule has 2 aliphatic rings. The highest BCUT2D eigenvalue weighted by molar-refractivity contribution is 6.30. The molecule has 0 bridgehead atoms. The fourth-order valence-electron chi connectivity index (χ4n) is 3.88. The maximum atomic E-state index is 14.0. The Balaban J connectivity index is 1.74. The van der Waals surface area contributed by atoms with E-state index in [9.17, 15) is 13.6 Å². The van der Waals surface area contributed by atoms with E-state index >= 15 is 0 Å². The van der Waals surface area contributed by atoms with Gasteiger partial charge in [-0.3, -0.25) is 4.68 Å². The lowest BCUT2D eigenvalue weighted by atomic mass is 9.84. The summed E-state index contributed by atoms with van der Waals surface area (Å²) in [4.78, 5) is 10.9. The molecule has 27 heavy (non-hydrogen) atoms. The summed E-state index contributed by atoms with van der Waals surface area (Å²) in [7, 11) is 0. The van der Waals surface area contributed by atoms with Crippen LogP contribution in [-0.2, 0) is 17.3 Å². The zero-order chi connectivity index (χ0) is 19.3. The number of rotatable bonds is 5. The Bertz CT molecular complexity index is 976. The number of carbonyl (C=O) groups is 1. The van der Waals surface area contributed by atoms with E-state index in [-0.39, 0.29) is 5.92 Å². The van der Waals surface area contributed by atoms with Crippen molar-refractivity contribution in [2.45, 2.75) is 32.2 Å². The molecule has 4 nitrogen and oxygen atoms in total. The molecule has 2 aromatic rings. The summed E-state index contributed by atoms with van der Waals surface area (Å²) in [6.07, 6.45) is 8.34. The highest BCUT2D eigenvalue weighted by Crippen LogP contribution is 2.46. The summed E-state index contributed by atoms with van der Waals surface area (Å²) >= 11 is 6.47. The van der Waals surface area contributed by atoms with Gasteiger partial charge in [0.1, 0.15) is 0 Å². The van der Waals surface area contributed by atoms with Crippen molar-refractivity contribution in [2.75, 3.05) is 0 Å². The number of nitrogens with zero attached hydrogens (tertiary/aromatic N) is 2. The highest BCUT2D eigenvalue weighted by atomic mass is 35.5. The summed E-state index contributed by atoms with van der Waals surface area (Å²) in [5.74, 6) is -5.16. The van der Waals surface area contributed by atoms with Crippen LogP contribution in [0.3, 0.4) is 0 Å². The van der Waals surface area contributed by atoms with Crippen LogP contribution in [0.5, 0.6) is 0 Å². The molecule has 1 aromatic heterocycles. The van der Waals surface area contributed by atoms with E-state index in [4.69, 9.17) is 16.7 Å². The van der Waals surface area contributed by atoms with Gasteiger partial charge in [-0.2, -0.15) is 13.9 Å². The van der Waals surface area contributed by atoms with Crippen molar-refractivity contribution in [3.8, 4) is 0 Å². The molecule has 1 N–H and O–H groups in total. The van der Waals surface area contributed by atoms with Crippen LogP contribution in [0.1, 0.15) is 24.1 Å². The number of alkyl halides is 2. The summed E-state index contributed by atoms with van der Waals surface area (Å²) < 4.78 is 29.6. The molecule has 0 amide bonds. The predicted octanol–water partition coefficient (Wildman–Crippen LogP) is 4.86. The Morgan fingerprint density at radius 1 is 1.41 bits per heavy atom. The van der Waals surface area contributed by atoms with Crippen LogP contribution in [0.15, 0.2) is 41.5 Å². The second-order valence-electron chi connectivity index (χ2n) is 7.34. The number of allylic oxidation sites excluding steroid dienone is 4. The third-order valence-corrected chi connectivity index (χ3v) is 5.92. The molecule has 142 valence electrons. The number of aryl methyl sites for hydroxylation is 1. The SMILES string of the molecule is Cc1nn(CC2C(Cl)=CC=CC2C2CC2)c2cc(C(F)(F)C(=O)O)ccc12. The van der Waals surface area contributed by atoms with Crippen LogP contribution in [0.4, 0.5) is 8.78 Å². The first-order valence-corrected chi connectivity index (χ1v) is 9.29. The number of aliphatic carboxylic acids is 1. The van der Waals surface area contributed by atoms with E-state index in [0.29, 0.717) is 29.6 Å². The van der Waals surface area contributed by atoms with Gasteiger partial charge >= 0.3 is 11.9 Å². The molecule has 0 saturated heterocycles. The average Bonchev–Trinajstić information content (AvgIpc) is 3.42. The standard InChI is InChI=1S/C20H19ClF2N2O2/c1-11-14-8-7-13(20(22,23)19(26)27)9-18(14)25(24-11)10-16-15(12-5-6-12)3-2-4-17(16)21/h2-4,7-9,12,15-16H,5-6,10H2,1H3,(H,26,27). The van der Waals surface area contributed by atoms with Crippen molar-refractivity contribution < 1.29 is 18.7 Å². The van der Waals surface area contributed by atoms with E-state index in [0.717, 1.165) is 16.5 Å². The fourth-order valence-corrected chi connectivity index (χ4v) is 4.16. The number of carboxylic acid groups (broad SMARTS) is 1. The molecule has 1 fully saturated rings. The van der Waals surface area contributed by atoms with Crippen LogP contribution in [0, 0.1) is 24.7 Å². The summed E-state index contributed by atoms with van der Waals surface area (Å²) in [6, 6.07) is 3.89. The lowest BCUT2D eigenvalue weighted by Gasteiger charge is -2.27. The van der Waals surface area contributed by atoms with E-state index in [1.54, 1.807) is 4.68 Å². The van der Waals surface area contributed by atoms with Gasteiger partial charge < -0.3 is 5.11 Å². The molecule has 0 spiro atoms. The number of hydrogen-bond acceptors (Lipinski definition) is 2. The molecule has 2 aliphatic carbocycles. The minimum absolute atomic E-state index is 0.0373. The number of halogens is 3. The maximum absolute atomic E-state index is 14.0. The van der Waals surface area contributed by atoms with Gasteiger partial charge in [0.25, 0.3) is 0 Å². The van der Waals surface area contributed by atoms with Crippen LogP contribution < -0.4 is 0 Å². The van der Waals surface area contributed by atoms with E-state index < -0.39 is 17.5 Å². The van der Waals surface area contributed by atoms with Crippen LogP contribution >= 0.6 is 11.6 Å². The zero-order valence-electron chi connectivity index (χ0n) is 14.7. The second-order valence-corrected chi connectivity index (χ2v) is 7.77. The molecular formula is C20H19ClF2N2O2. The second kappa shape index (κ2) is 6.44. The Kier molecular flexibility index (Phi) is 4.34. The highest BCUT2D eigenvalue weighted by Gasteiger charge is 2.41. The Labute approximate surface area is 160 Å². The van der Waals surface area contributed by atoms with E-state index in [1.165, 1.54) is 25.0 Å². The van der Waals surface area contributed by atoms with E-state index in [1.807, 2.05) is 19.1 Å². The first kappa shape index (κ1) is 18.2. The number of benzene rings is 1. The van der Waals surface area contributed by atoms with Crippen LogP contribution in [0.2, 0.25) is 0 Å². The van der Waals surface area contributed by atoms with Gasteiger partial charge in [-0.1, -0.05) is 35.9 Å². The summed E-state index contributed by atoms with van der Waals surface area (Å²) in [5.41, 5.74) is 0.664. The minimum Gasteiger partial charge on any atom is -0.477 e. The quantitative estimate of drug-likeness (QED) is 0.790. The fraction of sp³-hybridized carbons (Fsp3) is 0.400. The van der Waals surface area contributed by atoms with Gasteiger partial charge in [0.05, 0.1) is 11.2 Å². The largest absolute Gasteiger partial charge is 0.477 e. The Morgan fingerprint density at radius 3 is 2.81 bits per heavy atom. The van der Waals surface area contributed by atoms with Crippen molar-refractivity contribution in [1.82, 2.24) is 9.78 Å². The lowest BCUT2D eigenvalue weighted by molar-refractivity contribution is -0.166. The molecule has 2 atom stereocenters. The van der Waals surface area contributed by atoms with Crippen molar-refractivity contribution in [3.05, 3.63) is 52.7 Å². The molecule has 2 unspecified atom stereocenters. The van der Waals surface area contributed by atoms with Gasteiger partial charge in [0, 0.05) is 28.4 Å². The number of carboxylic acids is 1. The smallest absolute Gasteiger partial charge is 0.379 e. The van der Waals surface area contributed by atoms with Gasteiger partial charge in [0.2, 0.25) is 0 Å². The third-order valence-electron chi connectivity index (χ3n) is 5.51. The Hall–Kier alpha value is -2.21. The third kappa shape index (κ3) is 3.16. The average molecular weight is 393 g/mol. The first-order chi connectivity index (χ1) is 12.8. The van der Waals surface area contributed by atoms with Crippen molar-refractivity contribution in [1.29, 1.82) is 0 Å². The van der Waals surface area contributed by atoms with Crippen molar-refractivity contribution >= 4 is 28.5 Å². The summed E-state index contributed by atoms with van der Waals surface area (Å²) in [6.45, 7) is 2.28. The molecular weight excluding hydrogens is 374 g/mol. The molecule has 1 saturated carbocycles. The number of hydrogen-bond donors (Lipinski definition) is 1.